The van der Waals surface area contributed by atoms with E-state index >= 15 is 0 Å². The molecule has 0 fully saturated rings. The minimum absolute atomic E-state index is 0.0255. The zero-order valence-corrected chi connectivity index (χ0v) is 19.0. The van der Waals surface area contributed by atoms with Crippen LogP contribution in [0.2, 0.25) is 0 Å². The molecule has 158 valence electrons. The summed E-state index contributed by atoms with van der Waals surface area (Å²) in [6, 6.07) is 15.4. The molecule has 0 aliphatic rings. The van der Waals surface area contributed by atoms with Crippen LogP contribution in [0.5, 0.6) is 0 Å². The molecule has 1 unspecified atom stereocenters. The number of nitrogens with one attached hydrogen (secondary N) is 1. The Hall–Kier alpha value is -3.10. The minimum Gasteiger partial charge on any atom is -0.332 e. The van der Waals surface area contributed by atoms with Gasteiger partial charge in [-0.05, 0) is 60.3 Å². The second-order valence-electron chi connectivity index (χ2n) is 7.36. The first kappa shape index (κ1) is 21.1. The summed E-state index contributed by atoms with van der Waals surface area (Å²) in [7, 11) is 0. The molecule has 3 aromatic heterocycles. The summed E-state index contributed by atoms with van der Waals surface area (Å²) in [5.74, 6) is 0.653. The Morgan fingerprint density at radius 1 is 1.19 bits per heavy atom. The van der Waals surface area contributed by atoms with E-state index in [2.05, 4.69) is 34.2 Å². The predicted molar refractivity (Wildman–Crippen MR) is 125 cm³/mol. The number of aryl methyl sites for hydroxylation is 1. The number of hydrogen-bond donors (Lipinski definition) is 1. The summed E-state index contributed by atoms with van der Waals surface area (Å²) in [4.78, 5) is 20.8. The molecule has 1 atom stereocenters. The van der Waals surface area contributed by atoms with Gasteiger partial charge in [0.05, 0.1) is 4.88 Å². The van der Waals surface area contributed by atoms with E-state index < -0.39 is 6.04 Å². The van der Waals surface area contributed by atoms with Crippen molar-refractivity contribution in [3.63, 3.8) is 0 Å². The summed E-state index contributed by atoms with van der Waals surface area (Å²) >= 11 is 7.04. The zero-order valence-electron chi connectivity index (χ0n) is 17.4. The molecule has 0 spiro atoms. The van der Waals surface area contributed by atoms with Crippen LogP contribution in [0.3, 0.4) is 0 Å². The van der Waals surface area contributed by atoms with E-state index in [-0.39, 0.29) is 5.91 Å². The maximum Gasteiger partial charge on any atom is 0.246 e. The van der Waals surface area contributed by atoms with E-state index in [9.17, 15) is 4.79 Å². The second kappa shape index (κ2) is 9.36. The number of H-pyrrole nitrogens is 1. The Labute approximate surface area is 190 Å². The molecule has 0 radical (unpaired) electrons. The van der Waals surface area contributed by atoms with Crippen molar-refractivity contribution in [2.24, 2.45) is 0 Å². The van der Waals surface area contributed by atoms with Gasteiger partial charge in [0.2, 0.25) is 5.91 Å². The minimum atomic E-state index is -0.510. The van der Waals surface area contributed by atoms with Gasteiger partial charge in [-0.3, -0.25) is 19.4 Å². The molecular formula is C23H23N5OS2. The van der Waals surface area contributed by atoms with Crippen LogP contribution in [0.15, 0.2) is 66.3 Å². The molecule has 0 saturated carbocycles. The van der Waals surface area contributed by atoms with Crippen LogP contribution in [0.25, 0.3) is 10.7 Å². The Balaban J connectivity index is 1.68. The Morgan fingerprint density at radius 2 is 2.03 bits per heavy atom. The number of aromatic nitrogens is 4. The molecule has 6 nitrogen and oxygen atoms in total. The van der Waals surface area contributed by atoms with E-state index in [1.807, 2.05) is 53.6 Å². The van der Waals surface area contributed by atoms with Crippen molar-refractivity contribution in [3.05, 3.63) is 87.8 Å². The fourth-order valence-corrected chi connectivity index (χ4v) is 4.54. The molecule has 31 heavy (non-hydrogen) atoms. The van der Waals surface area contributed by atoms with Crippen molar-refractivity contribution >= 4 is 29.5 Å². The third-order valence-corrected chi connectivity index (χ3v) is 6.37. The van der Waals surface area contributed by atoms with Gasteiger partial charge in [-0.15, -0.1) is 11.3 Å². The van der Waals surface area contributed by atoms with Crippen molar-refractivity contribution in [2.75, 3.05) is 0 Å². The van der Waals surface area contributed by atoms with Crippen molar-refractivity contribution in [1.29, 1.82) is 0 Å². The Morgan fingerprint density at radius 3 is 2.74 bits per heavy atom. The number of carbonyl (C=O) groups excluding carboxylic acids is 1. The van der Waals surface area contributed by atoms with Gasteiger partial charge >= 0.3 is 0 Å². The molecule has 0 bridgehead atoms. The fourth-order valence-electron chi connectivity index (χ4n) is 3.54. The monoisotopic (exact) mass is 449 g/mol. The van der Waals surface area contributed by atoms with Crippen molar-refractivity contribution in [2.45, 2.75) is 33.0 Å². The highest BCUT2D eigenvalue weighted by Crippen LogP contribution is 2.27. The average Bonchev–Trinajstić information content (AvgIpc) is 3.44. The molecule has 1 N–H and O–H groups in total. The maximum absolute atomic E-state index is 13.7. The molecule has 1 amide bonds. The van der Waals surface area contributed by atoms with Crippen LogP contribution in [0.4, 0.5) is 0 Å². The van der Waals surface area contributed by atoms with Crippen molar-refractivity contribution < 1.29 is 4.79 Å². The summed E-state index contributed by atoms with van der Waals surface area (Å²) in [6.45, 7) is 4.90. The van der Waals surface area contributed by atoms with E-state index in [4.69, 9.17) is 12.2 Å². The lowest BCUT2D eigenvalue weighted by molar-refractivity contribution is -0.135. The lowest BCUT2D eigenvalue weighted by Gasteiger charge is -2.27. The Kier molecular flexibility index (Phi) is 6.39. The van der Waals surface area contributed by atoms with E-state index in [0.717, 1.165) is 21.6 Å². The number of aromatic amines is 1. The highest BCUT2D eigenvalue weighted by Gasteiger charge is 2.26. The molecule has 4 rings (SSSR count). The predicted octanol–water partition coefficient (Wildman–Crippen LogP) is 5.16. The second-order valence-corrected chi connectivity index (χ2v) is 8.69. The standard InChI is InChI=1S/C23H23N5OS2/c1-16-7-3-4-9-19(16)15-27(14-18-8-5-11-24-13-18)22(29)17(2)28-21(25-26-23(28)30)20-10-6-12-31-20/h3-13,17H,14-15H2,1-2H3,(H,26,30). The van der Waals surface area contributed by atoms with Crippen LogP contribution in [-0.2, 0) is 17.9 Å². The zero-order chi connectivity index (χ0) is 21.8. The molecule has 1 aromatic carbocycles. The van der Waals surface area contributed by atoms with Gasteiger partial charge in [-0.2, -0.15) is 5.10 Å². The summed E-state index contributed by atoms with van der Waals surface area (Å²) in [5.41, 5.74) is 3.24. The molecule has 0 aliphatic heterocycles. The van der Waals surface area contributed by atoms with Crippen molar-refractivity contribution in [3.8, 4) is 10.7 Å². The van der Waals surface area contributed by atoms with Crippen molar-refractivity contribution in [1.82, 2.24) is 24.6 Å². The topological polar surface area (TPSA) is 66.8 Å². The smallest absolute Gasteiger partial charge is 0.246 e. The van der Waals surface area contributed by atoms with Gasteiger partial charge in [-0.25, -0.2) is 0 Å². The van der Waals surface area contributed by atoms with E-state index in [1.54, 1.807) is 28.3 Å². The number of nitrogens with zero attached hydrogens (tertiary/aromatic N) is 4. The molecular weight excluding hydrogens is 426 g/mol. The van der Waals surface area contributed by atoms with E-state index in [0.29, 0.717) is 23.7 Å². The number of rotatable bonds is 7. The lowest BCUT2D eigenvalue weighted by Crippen LogP contribution is -2.36. The number of carbonyl (C=O) groups is 1. The van der Waals surface area contributed by atoms with Crippen LogP contribution >= 0.6 is 23.6 Å². The van der Waals surface area contributed by atoms with Crippen LogP contribution in [0, 0.1) is 11.7 Å². The lowest BCUT2D eigenvalue weighted by atomic mass is 10.1. The van der Waals surface area contributed by atoms with Gasteiger partial charge in [-0.1, -0.05) is 36.4 Å². The molecule has 0 saturated heterocycles. The highest BCUT2D eigenvalue weighted by molar-refractivity contribution is 7.71. The number of hydrogen-bond acceptors (Lipinski definition) is 5. The van der Waals surface area contributed by atoms with Gasteiger partial charge < -0.3 is 4.90 Å². The quantitative estimate of drug-likeness (QED) is 0.396. The first-order valence-corrected chi connectivity index (χ1v) is 11.3. The third-order valence-electron chi connectivity index (χ3n) is 5.22. The fraction of sp³-hybridized carbons (Fsp3) is 0.217. The number of benzene rings is 1. The third kappa shape index (κ3) is 4.65. The number of amides is 1. The van der Waals surface area contributed by atoms with Gasteiger partial charge in [0, 0.05) is 25.5 Å². The van der Waals surface area contributed by atoms with E-state index in [1.165, 1.54) is 0 Å². The summed E-state index contributed by atoms with van der Waals surface area (Å²) < 4.78 is 2.24. The molecule has 3 heterocycles. The first-order valence-electron chi connectivity index (χ1n) is 9.97. The molecule has 4 aromatic rings. The summed E-state index contributed by atoms with van der Waals surface area (Å²) in [5, 5.41) is 9.21. The Bertz CT molecular complexity index is 1210. The highest BCUT2D eigenvalue weighted by atomic mass is 32.1. The molecule has 0 aliphatic carbocycles. The normalized spacial score (nSPS) is 11.9. The molecule has 8 heteroatoms. The van der Waals surface area contributed by atoms with Crippen LogP contribution in [-0.4, -0.2) is 30.6 Å². The first-order chi connectivity index (χ1) is 15.0. The van der Waals surface area contributed by atoms with Gasteiger partial charge in [0.25, 0.3) is 0 Å². The summed E-state index contributed by atoms with van der Waals surface area (Å²) in [6.07, 6.45) is 3.53. The van der Waals surface area contributed by atoms with Crippen LogP contribution in [0.1, 0.15) is 29.7 Å². The maximum atomic E-state index is 13.7. The SMILES string of the molecule is Cc1ccccc1CN(Cc1cccnc1)C(=O)C(C)n1c(-c2cccs2)n[nH]c1=S. The number of pyridine rings is 1. The van der Waals surface area contributed by atoms with Gasteiger partial charge in [0.1, 0.15) is 6.04 Å². The number of thiophene rings is 1. The van der Waals surface area contributed by atoms with Gasteiger partial charge in [0.15, 0.2) is 10.6 Å². The largest absolute Gasteiger partial charge is 0.332 e. The average molecular weight is 450 g/mol. The van der Waals surface area contributed by atoms with Crippen LogP contribution < -0.4 is 0 Å².